The van der Waals surface area contributed by atoms with Gasteiger partial charge < -0.3 is 5.32 Å². The second kappa shape index (κ2) is 7.66. The van der Waals surface area contributed by atoms with Crippen LogP contribution >= 0.6 is 0 Å². The summed E-state index contributed by atoms with van der Waals surface area (Å²) < 4.78 is 0. The maximum absolute atomic E-state index is 12.3. The van der Waals surface area contributed by atoms with Gasteiger partial charge in [-0.25, -0.2) is 0 Å². The van der Waals surface area contributed by atoms with Gasteiger partial charge in [0, 0.05) is 23.8 Å². The highest BCUT2D eigenvalue weighted by Crippen LogP contribution is 2.33. The second-order valence-corrected chi connectivity index (χ2v) is 6.73. The molecule has 1 N–H and O–H groups in total. The van der Waals surface area contributed by atoms with Crippen molar-refractivity contribution in [2.45, 2.75) is 32.7 Å². The molecule has 0 radical (unpaired) electrons. The summed E-state index contributed by atoms with van der Waals surface area (Å²) in [6.07, 6.45) is 3.82. The molecule has 3 heteroatoms. The Labute approximate surface area is 150 Å². The van der Waals surface area contributed by atoms with Gasteiger partial charge in [0.05, 0.1) is 0 Å². The number of fused-ring (bicyclic) bond motifs is 1. The molecule has 1 atom stereocenters. The lowest BCUT2D eigenvalue weighted by molar-refractivity contribution is -0.112. The largest absolute Gasteiger partial charge is 0.322 e. The van der Waals surface area contributed by atoms with Crippen LogP contribution in [0.25, 0.3) is 0 Å². The van der Waals surface area contributed by atoms with Crippen molar-refractivity contribution >= 4 is 11.6 Å². The van der Waals surface area contributed by atoms with Crippen molar-refractivity contribution in [2.24, 2.45) is 0 Å². The molecule has 0 saturated heterocycles. The Morgan fingerprint density at radius 1 is 1.20 bits per heavy atom. The summed E-state index contributed by atoms with van der Waals surface area (Å²) in [5.41, 5.74) is 5.66. The first-order valence-corrected chi connectivity index (χ1v) is 8.90. The Kier molecular flexibility index (Phi) is 5.34. The lowest BCUT2D eigenvalue weighted by atomic mass is 9.88. The van der Waals surface area contributed by atoms with Gasteiger partial charge in [-0.05, 0) is 56.5 Å². The molecule has 25 heavy (non-hydrogen) atoms. The Hall–Kier alpha value is -2.39. The molecule has 0 aromatic heterocycles. The topological polar surface area (TPSA) is 32.3 Å². The number of hydrogen-bond acceptors (Lipinski definition) is 2. The van der Waals surface area contributed by atoms with Crippen LogP contribution < -0.4 is 5.32 Å². The van der Waals surface area contributed by atoms with E-state index in [4.69, 9.17) is 0 Å². The highest BCUT2D eigenvalue weighted by molar-refractivity contribution is 6.03. The highest BCUT2D eigenvalue weighted by Gasteiger charge is 2.25. The van der Waals surface area contributed by atoms with Crippen molar-refractivity contribution in [1.82, 2.24) is 4.90 Å². The number of hydrogen-bond donors (Lipinski definition) is 1. The molecule has 0 spiro atoms. The zero-order chi connectivity index (χ0) is 17.8. The molecular formula is C22H26N2O. The van der Waals surface area contributed by atoms with E-state index in [0.717, 1.165) is 30.6 Å². The van der Waals surface area contributed by atoms with Gasteiger partial charge in [-0.2, -0.15) is 0 Å². The minimum absolute atomic E-state index is 0.0349. The SMILES string of the molecule is C/C=C(\C)C(=O)Nc1ccccc1C[C@H]1c2ccccc2CCN1C. The third kappa shape index (κ3) is 3.83. The number of likely N-dealkylation sites (N-methyl/N-ethyl adjacent to an activating group) is 1. The van der Waals surface area contributed by atoms with Gasteiger partial charge >= 0.3 is 0 Å². The number of para-hydroxylation sites is 1. The molecule has 3 rings (SSSR count). The number of allylic oxidation sites excluding steroid dienone is 1. The van der Waals surface area contributed by atoms with Gasteiger partial charge in [-0.15, -0.1) is 0 Å². The Morgan fingerprint density at radius 3 is 2.72 bits per heavy atom. The Bertz CT molecular complexity index is 794. The average Bonchev–Trinajstić information content (AvgIpc) is 2.64. The van der Waals surface area contributed by atoms with Crippen molar-refractivity contribution in [3.8, 4) is 0 Å². The summed E-state index contributed by atoms with van der Waals surface area (Å²) in [6.45, 7) is 4.78. The summed E-state index contributed by atoms with van der Waals surface area (Å²) >= 11 is 0. The summed E-state index contributed by atoms with van der Waals surface area (Å²) in [6, 6.07) is 17.2. The fraction of sp³-hybridized carbons (Fsp3) is 0.318. The van der Waals surface area contributed by atoms with E-state index in [1.54, 1.807) is 0 Å². The van der Waals surface area contributed by atoms with Gasteiger partial charge in [0.25, 0.3) is 5.91 Å². The number of carbonyl (C=O) groups is 1. The maximum atomic E-state index is 12.3. The Balaban J connectivity index is 1.88. The molecule has 0 saturated carbocycles. The van der Waals surface area contributed by atoms with Crippen molar-refractivity contribution in [2.75, 3.05) is 18.9 Å². The number of anilines is 1. The van der Waals surface area contributed by atoms with Crippen LogP contribution in [0.3, 0.4) is 0 Å². The quantitative estimate of drug-likeness (QED) is 0.843. The van der Waals surface area contributed by atoms with E-state index in [9.17, 15) is 4.79 Å². The van der Waals surface area contributed by atoms with Crippen LogP contribution in [0.2, 0.25) is 0 Å². The smallest absolute Gasteiger partial charge is 0.250 e. The fourth-order valence-corrected chi connectivity index (χ4v) is 3.42. The van der Waals surface area contributed by atoms with Crippen molar-refractivity contribution < 1.29 is 4.79 Å². The molecule has 2 aromatic carbocycles. The zero-order valence-electron chi connectivity index (χ0n) is 15.3. The molecule has 2 aromatic rings. The molecule has 0 unspecified atom stereocenters. The third-order valence-corrected chi connectivity index (χ3v) is 5.15. The number of carbonyl (C=O) groups excluding carboxylic acids is 1. The molecule has 130 valence electrons. The first-order valence-electron chi connectivity index (χ1n) is 8.90. The Morgan fingerprint density at radius 2 is 1.92 bits per heavy atom. The van der Waals surface area contributed by atoms with Crippen LogP contribution in [0.1, 0.15) is 36.6 Å². The number of nitrogens with one attached hydrogen (secondary N) is 1. The zero-order valence-corrected chi connectivity index (χ0v) is 15.3. The summed E-state index contributed by atoms with van der Waals surface area (Å²) in [4.78, 5) is 14.7. The van der Waals surface area contributed by atoms with Crippen LogP contribution in [0.15, 0.2) is 60.2 Å². The second-order valence-electron chi connectivity index (χ2n) is 6.73. The molecule has 1 amide bonds. The van der Waals surface area contributed by atoms with Crippen molar-refractivity contribution in [3.63, 3.8) is 0 Å². The molecular weight excluding hydrogens is 308 g/mol. The van der Waals surface area contributed by atoms with E-state index in [2.05, 4.69) is 47.6 Å². The van der Waals surface area contributed by atoms with E-state index in [0.29, 0.717) is 6.04 Å². The van der Waals surface area contributed by atoms with Crippen LogP contribution in [0, 0.1) is 0 Å². The first-order chi connectivity index (χ1) is 12.1. The normalized spacial score (nSPS) is 17.9. The minimum atomic E-state index is -0.0349. The summed E-state index contributed by atoms with van der Waals surface area (Å²) in [5, 5.41) is 3.06. The monoisotopic (exact) mass is 334 g/mol. The number of amides is 1. The standard InChI is InChI=1S/C22H26N2O/c1-4-16(2)22(25)23-20-12-8-6-10-18(20)15-21-19-11-7-5-9-17(19)13-14-24(21)3/h4-12,21H,13-15H2,1-3H3,(H,23,25)/b16-4+/t21-/m0/s1. The van der Waals surface area contributed by atoms with Gasteiger partial charge in [-0.1, -0.05) is 48.5 Å². The van der Waals surface area contributed by atoms with Gasteiger partial charge in [-0.3, -0.25) is 9.69 Å². The van der Waals surface area contributed by atoms with Crippen molar-refractivity contribution in [1.29, 1.82) is 0 Å². The van der Waals surface area contributed by atoms with E-state index in [-0.39, 0.29) is 5.91 Å². The molecule has 1 aliphatic rings. The van der Waals surface area contributed by atoms with Crippen molar-refractivity contribution in [3.05, 3.63) is 76.9 Å². The fourth-order valence-electron chi connectivity index (χ4n) is 3.42. The molecule has 0 bridgehead atoms. The minimum Gasteiger partial charge on any atom is -0.322 e. The molecule has 1 aliphatic heterocycles. The molecule has 3 nitrogen and oxygen atoms in total. The highest BCUT2D eigenvalue weighted by atomic mass is 16.1. The average molecular weight is 334 g/mol. The number of nitrogens with zero attached hydrogens (tertiary/aromatic N) is 1. The van der Waals surface area contributed by atoms with Crippen LogP contribution in [-0.4, -0.2) is 24.4 Å². The summed E-state index contributed by atoms with van der Waals surface area (Å²) in [5.74, 6) is -0.0349. The number of benzene rings is 2. The maximum Gasteiger partial charge on any atom is 0.250 e. The molecule has 0 aliphatic carbocycles. The first kappa shape index (κ1) is 17.4. The number of rotatable bonds is 4. The summed E-state index contributed by atoms with van der Waals surface area (Å²) in [7, 11) is 2.19. The lowest BCUT2D eigenvalue weighted by Crippen LogP contribution is -2.33. The van der Waals surface area contributed by atoms with Crippen LogP contribution in [0.4, 0.5) is 5.69 Å². The third-order valence-electron chi connectivity index (χ3n) is 5.15. The van der Waals surface area contributed by atoms with Gasteiger partial charge in [0.1, 0.15) is 0 Å². The molecule has 0 fully saturated rings. The van der Waals surface area contributed by atoms with E-state index >= 15 is 0 Å². The van der Waals surface area contributed by atoms with E-state index < -0.39 is 0 Å². The van der Waals surface area contributed by atoms with E-state index in [1.807, 2.05) is 38.1 Å². The van der Waals surface area contributed by atoms with E-state index in [1.165, 1.54) is 16.7 Å². The van der Waals surface area contributed by atoms with Crippen LogP contribution in [0.5, 0.6) is 0 Å². The molecule has 1 heterocycles. The van der Waals surface area contributed by atoms with Crippen LogP contribution in [-0.2, 0) is 17.6 Å². The van der Waals surface area contributed by atoms with Gasteiger partial charge in [0.15, 0.2) is 0 Å². The lowest BCUT2D eigenvalue weighted by Gasteiger charge is -2.35. The predicted molar refractivity (Wildman–Crippen MR) is 104 cm³/mol. The van der Waals surface area contributed by atoms with Gasteiger partial charge in [0.2, 0.25) is 0 Å². The predicted octanol–water partition coefficient (Wildman–Crippen LogP) is 4.36.